The molecule has 0 spiro atoms. The number of fused-ring (bicyclic) bond motifs is 1. The lowest BCUT2D eigenvalue weighted by Crippen LogP contribution is -2.03. The van der Waals surface area contributed by atoms with E-state index < -0.39 is 4.92 Å². The van der Waals surface area contributed by atoms with Crippen LogP contribution < -0.4 is 5.32 Å². The fourth-order valence-electron chi connectivity index (χ4n) is 2.00. The quantitative estimate of drug-likeness (QED) is 0.592. The lowest BCUT2D eigenvalue weighted by Gasteiger charge is -2.05. The maximum absolute atomic E-state index is 13.5. The summed E-state index contributed by atoms with van der Waals surface area (Å²) < 4.78 is 14.9. The summed E-state index contributed by atoms with van der Waals surface area (Å²) in [5.41, 5.74) is 1.26. The van der Waals surface area contributed by atoms with Crippen LogP contribution in [-0.2, 0) is 6.54 Å². The Hall–Kier alpha value is -2.48. The lowest BCUT2D eigenvalue weighted by molar-refractivity contribution is -0.389. The maximum atomic E-state index is 13.5. The van der Waals surface area contributed by atoms with Crippen LogP contribution in [0.2, 0.25) is 0 Å². The van der Waals surface area contributed by atoms with Crippen molar-refractivity contribution in [2.75, 3.05) is 5.32 Å². The minimum absolute atomic E-state index is 0.112. The molecule has 6 nitrogen and oxygen atoms in total. The largest absolute Gasteiger partial charge is 0.372 e. The molecule has 0 aliphatic rings. The Morgan fingerprint density at radius 1 is 1.52 bits per heavy atom. The van der Waals surface area contributed by atoms with Crippen LogP contribution in [0.4, 0.5) is 16.0 Å². The van der Waals surface area contributed by atoms with Crippen LogP contribution in [-0.4, -0.2) is 14.3 Å². The number of nitrogens with one attached hydrogen (secondary N) is 1. The molecule has 0 saturated heterocycles. The van der Waals surface area contributed by atoms with Gasteiger partial charge in [0.1, 0.15) is 12.0 Å². The third-order valence-corrected chi connectivity index (χ3v) is 3.86. The molecule has 0 bridgehead atoms. The molecule has 0 radical (unpaired) electrons. The molecular weight excluding hydrogens is 295 g/mol. The van der Waals surface area contributed by atoms with E-state index in [0.29, 0.717) is 16.1 Å². The second-order valence-electron chi connectivity index (χ2n) is 4.53. The maximum Gasteiger partial charge on any atom is 0.372 e. The van der Waals surface area contributed by atoms with Crippen LogP contribution in [0, 0.1) is 22.9 Å². The SMILES string of the molecule is Cc1ccc(CNc2nc3sccn3c2[N+](=O)[O-])cc1F. The van der Waals surface area contributed by atoms with Crippen molar-refractivity contribution in [3.8, 4) is 0 Å². The molecule has 3 rings (SSSR count). The monoisotopic (exact) mass is 306 g/mol. The minimum Gasteiger partial charge on any atom is -0.359 e. The lowest BCUT2D eigenvalue weighted by atomic mass is 10.1. The zero-order valence-corrected chi connectivity index (χ0v) is 11.9. The van der Waals surface area contributed by atoms with Crippen LogP contribution >= 0.6 is 11.3 Å². The number of benzene rings is 1. The van der Waals surface area contributed by atoms with Gasteiger partial charge >= 0.3 is 5.82 Å². The molecule has 1 aromatic carbocycles. The Morgan fingerprint density at radius 2 is 2.33 bits per heavy atom. The van der Waals surface area contributed by atoms with E-state index in [1.165, 1.54) is 21.8 Å². The number of aryl methyl sites for hydroxylation is 1. The predicted molar refractivity (Wildman–Crippen MR) is 78.2 cm³/mol. The number of hydrogen-bond donors (Lipinski definition) is 1. The van der Waals surface area contributed by atoms with E-state index in [1.807, 2.05) is 0 Å². The van der Waals surface area contributed by atoms with Crippen LogP contribution in [0.3, 0.4) is 0 Å². The number of hydrogen-bond acceptors (Lipinski definition) is 5. The third-order valence-electron chi connectivity index (χ3n) is 3.11. The summed E-state index contributed by atoms with van der Waals surface area (Å²) in [6.07, 6.45) is 1.60. The Bertz CT molecular complexity index is 827. The van der Waals surface area contributed by atoms with Gasteiger partial charge in [-0.25, -0.2) is 4.39 Å². The molecule has 0 aliphatic carbocycles. The normalized spacial score (nSPS) is 11.0. The Morgan fingerprint density at radius 3 is 3.05 bits per heavy atom. The Kier molecular flexibility index (Phi) is 3.30. The zero-order valence-electron chi connectivity index (χ0n) is 11.0. The molecule has 1 N–H and O–H groups in total. The molecule has 8 heteroatoms. The molecule has 2 aromatic heterocycles. The molecule has 108 valence electrons. The summed E-state index contributed by atoms with van der Waals surface area (Å²) in [7, 11) is 0. The van der Waals surface area contributed by atoms with Gasteiger partial charge in [0.05, 0.1) is 0 Å². The Labute approximate surface area is 123 Å². The first-order valence-corrected chi connectivity index (χ1v) is 7.03. The summed E-state index contributed by atoms with van der Waals surface area (Å²) in [4.78, 5) is 15.4. The first-order chi connectivity index (χ1) is 10.1. The number of imidazole rings is 1. The van der Waals surface area contributed by atoms with Crippen molar-refractivity contribution in [2.45, 2.75) is 13.5 Å². The molecule has 0 aliphatic heterocycles. The average Bonchev–Trinajstić information content (AvgIpc) is 2.99. The highest BCUT2D eigenvalue weighted by Crippen LogP contribution is 2.28. The molecule has 21 heavy (non-hydrogen) atoms. The second-order valence-corrected chi connectivity index (χ2v) is 5.41. The van der Waals surface area contributed by atoms with Crippen LogP contribution in [0.5, 0.6) is 0 Å². The van der Waals surface area contributed by atoms with Gasteiger partial charge in [0.15, 0.2) is 0 Å². The van der Waals surface area contributed by atoms with Crippen molar-refractivity contribution < 1.29 is 9.31 Å². The molecule has 0 unspecified atom stereocenters. The van der Waals surface area contributed by atoms with E-state index in [4.69, 9.17) is 0 Å². The fourth-order valence-corrected chi connectivity index (χ4v) is 2.71. The van der Waals surface area contributed by atoms with Crippen molar-refractivity contribution in [3.63, 3.8) is 0 Å². The molecule has 3 aromatic rings. The summed E-state index contributed by atoms with van der Waals surface area (Å²) >= 11 is 1.31. The van der Waals surface area contributed by atoms with Crippen molar-refractivity contribution >= 4 is 27.9 Å². The summed E-state index contributed by atoms with van der Waals surface area (Å²) in [6.45, 7) is 1.95. The summed E-state index contributed by atoms with van der Waals surface area (Å²) in [5, 5.41) is 15.8. The highest BCUT2D eigenvalue weighted by Gasteiger charge is 2.23. The van der Waals surface area contributed by atoms with E-state index in [2.05, 4.69) is 10.3 Å². The van der Waals surface area contributed by atoms with Crippen molar-refractivity contribution in [3.05, 3.63) is 56.8 Å². The van der Waals surface area contributed by atoms with Gasteiger partial charge in [0.2, 0.25) is 5.82 Å². The number of halogens is 1. The van der Waals surface area contributed by atoms with Gasteiger partial charge in [-0.15, -0.1) is 0 Å². The minimum atomic E-state index is -0.481. The van der Waals surface area contributed by atoms with E-state index in [1.54, 1.807) is 30.6 Å². The van der Waals surface area contributed by atoms with E-state index >= 15 is 0 Å². The molecule has 0 saturated carbocycles. The van der Waals surface area contributed by atoms with Gasteiger partial charge in [-0.05, 0) is 29.0 Å². The average molecular weight is 306 g/mol. The zero-order chi connectivity index (χ0) is 15.0. The van der Waals surface area contributed by atoms with Gasteiger partial charge < -0.3 is 15.4 Å². The number of nitrogens with zero attached hydrogens (tertiary/aromatic N) is 3. The summed E-state index contributed by atoms with van der Waals surface area (Å²) in [5.74, 6) is -0.221. The highest BCUT2D eigenvalue weighted by molar-refractivity contribution is 7.15. The first-order valence-electron chi connectivity index (χ1n) is 6.15. The highest BCUT2D eigenvalue weighted by atomic mass is 32.1. The molecule has 0 fully saturated rings. The Balaban J connectivity index is 1.87. The topological polar surface area (TPSA) is 72.5 Å². The van der Waals surface area contributed by atoms with E-state index in [9.17, 15) is 14.5 Å². The van der Waals surface area contributed by atoms with Crippen LogP contribution in [0.25, 0.3) is 4.96 Å². The molecular formula is C13H11FN4O2S. The predicted octanol–water partition coefficient (Wildman–Crippen LogP) is 3.36. The van der Waals surface area contributed by atoms with Gasteiger partial charge in [0.25, 0.3) is 4.96 Å². The second kappa shape index (κ2) is 5.13. The fraction of sp³-hybridized carbons (Fsp3) is 0.154. The molecule has 0 atom stereocenters. The molecule has 0 amide bonds. The van der Waals surface area contributed by atoms with Crippen molar-refractivity contribution in [2.24, 2.45) is 0 Å². The first kappa shape index (κ1) is 13.5. The van der Waals surface area contributed by atoms with E-state index in [0.717, 1.165) is 0 Å². The number of anilines is 1. The summed E-state index contributed by atoms with van der Waals surface area (Å²) in [6, 6.07) is 4.86. The van der Waals surface area contributed by atoms with Gasteiger partial charge in [0, 0.05) is 11.9 Å². The van der Waals surface area contributed by atoms with Gasteiger partial charge in [-0.2, -0.15) is 9.38 Å². The molecule has 2 heterocycles. The van der Waals surface area contributed by atoms with E-state index in [-0.39, 0.29) is 24.0 Å². The van der Waals surface area contributed by atoms with Crippen LogP contribution in [0.1, 0.15) is 11.1 Å². The van der Waals surface area contributed by atoms with Crippen molar-refractivity contribution in [1.29, 1.82) is 0 Å². The number of aromatic nitrogens is 2. The third kappa shape index (κ3) is 2.45. The number of rotatable bonds is 4. The number of thiazole rings is 1. The van der Waals surface area contributed by atoms with Crippen LogP contribution in [0.15, 0.2) is 29.8 Å². The van der Waals surface area contributed by atoms with Gasteiger partial charge in [-0.3, -0.25) is 0 Å². The smallest absolute Gasteiger partial charge is 0.359 e. The number of nitro groups is 1. The van der Waals surface area contributed by atoms with Crippen molar-refractivity contribution in [1.82, 2.24) is 9.38 Å². The van der Waals surface area contributed by atoms with Gasteiger partial charge in [-0.1, -0.05) is 23.5 Å². The standard InChI is InChI=1S/C13H11FN4O2S/c1-8-2-3-9(6-10(8)14)7-15-11-12(18(19)20)17-4-5-21-13(17)16-11/h2-6,15H,7H2,1H3.